The van der Waals surface area contributed by atoms with E-state index in [0.717, 1.165) is 43.0 Å². The van der Waals surface area contributed by atoms with E-state index in [0.29, 0.717) is 12.5 Å². The zero-order valence-corrected chi connectivity index (χ0v) is 9.80. The minimum Gasteiger partial charge on any atom is -0.381 e. The molecule has 1 fully saturated rings. The topological polar surface area (TPSA) is 52.5 Å². The van der Waals surface area contributed by atoms with Crippen molar-refractivity contribution in [3.05, 3.63) is 35.8 Å². The van der Waals surface area contributed by atoms with Crippen LogP contribution in [0.1, 0.15) is 17.7 Å². The highest BCUT2D eigenvalue weighted by molar-refractivity contribution is 5.48. The Bertz CT molecular complexity index is 514. The van der Waals surface area contributed by atoms with Crippen LogP contribution in [0.5, 0.6) is 0 Å². The highest BCUT2D eigenvalue weighted by Crippen LogP contribution is 2.19. The first-order chi connectivity index (χ1) is 8.36. The Hall–Kier alpha value is -1.39. The molecule has 3 rings (SSSR count). The van der Waals surface area contributed by atoms with Gasteiger partial charge in [-0.15, -0.1) is 0 Å². The monoisotopic (exact) mass is 231 g/mol. The van der Waals surface area contributed by atoms with Crippen LogP contribution < -0.4 is 5.73 Å². The minimum atomic E-state index is 0.535. The molecule has 3 heterocycles. The normalized spacial score (nSPS) is 20.2. The van der Waals surface area contributed by atoms with Crippen molar-refractivity contribution in [2.24, 2.45) is 11.7 Å². The molecule has 1 unspecified atom stereocenters. The number of imidazole rings is 1. The van der Waals surface area contributed by atoms with E-state index < -0.39 is 0 Å². The number of pyridine rings is 1. The Labute approximate surface area is 100 Å². The van der Waals surface area contributed by atoms with Crippen molar-refractivity contribution in [1.82, 2.24) is 9.38 Å². The molecule has 0 bridgehead atoms. The number of nitrogens with two attached hydrogens (primary N) is 1. The summed E-state index contributed by atoms with van der Waals surface area (Å²) in [6.45, 7) is 2.30. The van der Waals surface area contributed by atoms with Gasteiger partial charge in [-0.2, -0.15) is 0 Å². The van der Waals surface area contributed by atoms with Crippen LogP contribution in [-0.2, 0) is 17.7 Å². The van der Waals surface area contributed by atoms with E-state index in [1.807, 2.05) is 18.3 Å². The Kier molecular flexibility index (Phi) is 2.82. The third-order valence-electron chi connectivity index (χ3n) is 3.36. The standard InChI is InChI=1S/C13H17N3O/c14-7-11-2-1-4-16-8-12(15-13(11)16)6-10-3-5-17-9-10/h1-2,4,8,10H,3,5-7,9,14H2. The quantitative estimate of drug-likeness (QED) is 0.868. The summed E-state index contributed by atoms with van der Waals surface area (Å²) >= 11 is 0. The van der Waals surface area contributed by atoms with Gasteiger partial charge in [-0.05, 0) is 24.8 Å². The lowest BCUT2D eigenvalue weighted by Gasteiger charge is -2.02. The first-order valence-corrected chi connectivity index (χ1v) is 6.10. The molecule has 2 aromatic heterocycles. The number of aromatic nitrogens is 2. The number of nitrogens with zero attached hydrogens (tertiary/aromatic N) is 2. The number of ether oxygens (including phenoxy) is 1. The molecule has 17 heavy (non-hydrogen) atoms. The van der Waals surface area contributed by atoms with E-state index >= 15 is 0 Å². The molecule has 1 atom stereocenters. The lowest BCUT2D eigenvalue weighted by Crippen LogP contribution is -2.03. The molecule has 0 saturated carbocycles. The van der Waals surface area contributed by atoms with Crippen molar-refractivity contribution in [3.63, 3.8) is 0 Å². The lowest BCUT2D eigenvalue weighted by molar-refractivity contribution is 0.185. The third kappa shape index (κ3) is 2.06. The molecule has 90 valence electrons. The Morgan fingerprint density at radius 2 is 2.47 bits per heavy atom. The molecule has 2 aromatic rings. The highest BCUT2D eigenvalue weighted by Gasteiger charge is 2.17. The zero-order valence-electron chi connectivity index (χ0n) is 9.80. The van der Waals surface area contributed by atoms with Crippen LogP contribution in [0.2, 0.25) is 0 Å². The maximum Gasteiger partial charge on any atom is 0.141 e. The third-order valence-corrected chi connectivity index (χ3v) is 3.36. The van der Waals surface area contributed by atoms with Gasteiger partial charge < -0.3 is 14.9 Å². The van der Waals surface area contributed by atoms with Crippen LogP contribution in [0.3, 0.4) is 0 Å². The van der Waals surface area contributed by atoms with Gasteiger partial charge in [-0.1, -0.05) is 6.07 Å². The van der Waals surface area contributed by atoms with Crippen molar-refractivity contribution in [2.45, 2.75) is 19.4 Å². The van der Waals surface area contributed by atoms with E-state index in [4.69, 9.17) is 10.5 Å². The lowest BCUT2D eigenvalue weighted by atomic mass is 10.0. The second-order valence-electron chi connectivity index (χ2n) is 4.63. The zero-order chi connectivity index (χ0) is 11.7. The number of fused-ring (bicyclic) bond motifs is 1. The number of hydrogen-bond acceptors (Lipinski definition) is 3. The molecule has 0 aromatic carbocycles. The first-order valence-electron chi connectivity index (χ1n) is 6.10. The van der Waals surface area contributed by atoms with Gasteiger partial charge in [0.25, 0.3) is 0 Å². The molecule has 1 aliphatic rings. The van der Waals surface area contributed by atoms with Crippen LogP contribution in [0.4, 0.5) is 0 Å². The molecule has 4 nitrogen and oxygen atoms in total. The maximum atomic E-state index is 5.72. The van der Waals surface area contributed by atoms with Gasteiger partial charge in [0.15, 0.2) is 0 Å². The average Bonchev–Trinajstić information content (AvgIpc) is 2.97. The van der Waals surface area contributed by atoms with Crippen molar-refractivity contribution in [2.75, 3.05) is 13.2 Å². The van der Waals surface area contributed by atoms with Gasteiger partial charge in [0.05, 0.1) is 5.69 Å². The maximum absolute atomic E-state index is 5.72. The van der Waals surface area contributed by atoms with Crippen molar-refractivity contribution < 1.29 is 4.74 Å². The molecule has 1 saturated heterocycles. The summed E-state index contributed by atoms with van der Waals surface area (Å²) in [4.78, 5) is 4.67. The SMILES string of the molecule is NCc1cccn2cc(CC3CCOC3)nc12. The predicted octanol–water partition coefficient (Wildman–Crippen LogP) is 1.37. The summed E-state index contributed by atoms with van der Waals surface area (Å²) in [5.74, 6) is 0.626. The Morgan fingerprint density at radius 1 is 1.53 bits per heavy atom. The van der Waals surface area contributed by atoms with Crippen LogP contribution >= 0.6 is 0 Å². The Balaban J connectivity index is 1.90. The molecule has 0 spiro atoms. The largest absolute Gasteiger partial charge is 0.381 e. The molecular weight excluding hydrogens is 214 g/mol. The van der Waals surface area contributed by atoms with Crippen molar-refractivity contribution in [1.29, 1.82) is 0 Å². The summed E-state index contributed by atoms with van der Waals surface area (Å²) in [6, 6.07) is 4.05. The van der Waals surface area contributed by atoms with Crippen LogP contribution in [0.25, 0.3) is 5.65 Å². The van der Waals surface area contributed by atoms with E-state index in [-0.39, 0.29) is 0 Å². The minimum absolute atomic E-state index is 0.535. The summed E-state index contributed by atoms with van der Waals surface area (Å²) in [5, 5.41) is 0. The van der Waals surface area contributed by atoms with Crippen LogP contribution in [-0.4, -0.2) is 22.6 Å². The fourth-order valence-electron chi connectivity index (χ4n) is 2.42. The molecular formula is C13H17N3O. The van der Waals surface area contributed by atoms with Gasteiger partial charge in [-0.25, -0.2) is 4.98 Å². The summed E-state index contributed by atoms with van der Waals surface area (Å²) in [6.07, 6.45) is 6.28. The summed E-state index contributed by atoms with van der Waals surface area (Å²) in [5.41, 5.74) is 8.94. The highest BCUT2D eigenvalue weighted by atomic mass is 16.5. The number of hydrogen-bond donors (Lipinski definition) is 1. The number of rotatable bonds is 3. The first kappa shape index (κ1) is 10.7. The van der Waals surface area contributed by atoms with Gasteiger partial charge in [-0.3, -0.25) is 0 Å². The smallest absolute Gasteiger partial charge is 0.141 e. The van der Waals surface area contributed by atoms with E-state index in [2.05, 4.69) is 15.6 Å². The molecule has 0 radical (unpaired) electrons. The summed E-state index contributed by atoms with van der Waals surface area (Å²) in [7, 11) is 0. The molecule has 4 heteroatoms. The fourth-order valence-corrected chi connectivity index (χ4v) is 2.42. The predicted molar refractivity (Wildman–Crippen MR) is 65.7 cm³/mol. The van der Waals surface area contributed by atoms with Crippen LogP contribution in [0, 0.1) is 5.92 Å². The van der Waals surface area contributed by atoms with Gasteiger partial charge >= 0.3 is 0 Å². The van der Waals surface area contributed by atoms with E-state index in [9.17, 15) is 0 Å². The second kappa shape index (κ2) is 4.47. The fraction of sp³-hybridized carbons (Fsp3) is 0.462. The molecule has 0 amide bonds. The van der Waals surface area contributed by atoms with Gasteiger partial charge in [0.1, 0.15) is 5.65 Å². The second-order valence-corrected chi connectivity index (χ2v) is 4.63. The molecule has 2 N–H and O–H groups in total. The average molecular weight is 231 g/mol. The van der Waals surface area contributed by atoms with Gasteiger partial charge in [0.2, 0.25) is 0 Å². The summed E-state index contributed by atoms with van der Waals surface area (Å²) < 4.78 is 7.46. The van der Waals surface area contributed by atoms with E-state index in [1.54, 1.807) is 0 Å². The van der Waals surface area contributed by atoms with Crippen molar-refractivity contribution >= 4 is 5.65 Å². The van der Waals surface area contributed by atoms with Crippen molar-refractivity contribution in [3.8, 4) is 0 Å². The Morgan fingerprint density at radius 3 is 3.24 bits per heavy atom. The molecule has 1 aliphatic heterocycles. The van der Waals surface area contributed by atoms with Gasteiger partial charge in [0, 0.05) is 37.7 Å². The molecule has 0 aliphatic carbocycles. The van der Waals surface area contributed by atoms with E-state index in [1.165, 1.54) is 0 Å². The van der Waals surface area contributed by atoms with Crippen LogP contribution in [0.15, 0.2) is 24.5 Å².